The highest BCUT2D eigenvalue weighted by molar-refractivity contribution is 5.46. The number of hydrogen-bond acceptors (Lipinski definition) is 4. The van der Waals surface area contributed by atoms with Crippen LogP contribution in [-0.2, 0) is 13.5 Å². The summed E-state index contributed by atoms with van der Waals surface area (Å²) in [6.45, 7) is 0. The van der Waals surface area contributed by atoms with Crippen molar-refractivity contribution in [2.45, 2.75) is 12.5 Å². The van der Waals surface area contributed by atoms with Gasteiger partial charge in [-0.2, -0.15) is 0 Å². The van der Waals surface area contributed by atoms with E-state index < -0.39 is 6.10 Å². The number of aliphatic hydroxyl groups excluding tert-OH is 1. The predicted molar refractivity (Wildman–Crippen MR) is 71.4 cm³/mol. The Bertz CT molecular complexity index is 529. The molecule has 19 heavy (non-hydrogen) atoms. The summed E-state index contributed by atoms with van der Waals surface area (Å²) in [7, 11) is 5.05. The molecule has 0 radical (unpaired) electrons. The van der Waals surface area contributed by atoms with Crippen LogP contribution in [-0.4, -0.2) is 28.9 Å². The number of benzene rings is 1. The molecule has 1 unspecified atom stereocenters. The van der Waals surface area contributed by atoms with Gasteiger partial charge in [-0.05, 0) is 12.1 Å². The van der Waals surface area contributed by atoms with Crippen molar-refractivity contribution in [3.05, 3.63) is 42.0 Å². The van der Waals surface area contributed by atoms with Crippen molar-refractivity contribution in [2.75, 3.05) is 14.2 Å². The van der Waals surface area contributed by atoms with E-state index in [0.29, 0.717) is 23.5 Å². The molecule has 0 spiro atoms. The molecule has 0 saturated carbocycles. The molecule has 1 aromatic heterocycles. The number of aromatic nitrogens is 2. The van der Waals surface area contributed by atoms with E-state index in [9.17, 15) is 5.11 Å². The van der Waals surface area contributed by atoms with Crippen molar-refractivity contribution in [1.82, 2.24) is 9.55 Å². The Balaban J connectivity index is 2.32. The summed E-state index contributed by atoms with van der Waals surface area (Å²) in [4.78, 5) is 4.21. The maximum atomic E-state index is 10.4. The van der Waals surface area contributed by atoms with Gasteiger partial charge in [-0.3, -0.25) is 0 Å². The van der Waals surface area contributed by atoms with E-state index in [4.69, 9.17) is 9.47 Å². The first-order valence-corrected chi connectivity index (χ1v) is 6.02. The van der Waals surface area contributed by atoms with Gasteiger partial charge in [-0.15, -0.1) is 0 Å². The van der Waals surface area contributed by atoms with E-state index in [-0.39, 0.29) is 0 Å². The Morgan fingerprint density at radius 3 is 2.37 bits per heavy atom. The molecule has 1 atom stereocenters. The summed E-state index contributed by atoms with van der Waals surface area (Å²) in [5.41, 5.74) is 0.649. The Labute approximate surface area is 112 Å². The molecule has 1 N–H and O–H groups in total. The van der Waals surface area contributed by atoms with Gasteiger partial charge in [-0.1, -0.05) is 6.07 Å². The topological polar surface area (TPSA) is 56.5 Å². The summed E-state index contributed by atoms with van der Waals surface area (Å²) in [6, 6.07) is 5.44. The Morgan fingerprint density at radius 2 is 1.89 bits per heavy atom. The first kappa shape index (κ1) is 13.4. The van der Waals surface area contributed by atoms with Crippen LogP contribution in [0.25, 0.3) is 0 Å². The molecule has 0 aliphatic heterocycles. The number of ether oxygens (including phenoxy) is 2. The van der Waals surface area contributed by atoms with Crippen LogP contribution >= 0.6 is 0 Å². The van der Waals surface area contributed by atoms with Gasteiger partial charge in [0.1, 0.15) is 17.3 Å². The average molecular weight is 262 g/mol. The van der Waals surface area contributed by atoms with Crippen LogP contribution in [0.5, 0.6) is 11.5 Å². The molecule has 102 valence electrons. The minimum Gasteiger partial charge on any atom is -0.496 e. The molecule has 1 aromatic carbocycles. The molecule has 0 bridgehead atoms. The minimum absolute atomic E-state index is 0.403. The quantitative estimate of drug-likeness (QED) is 0.891. The highest BCUT2D eigenvalue weighted by atomic mass is 16.5. The lowest BCUT2D eigenvalue weighted by atomic mass is 10.0. The third-order valence-electron chi connectivity index (χ3n) is 3.10. The SMILES string of the molecule is COc1cccc(OC)c1C(O)Cc1nccn1C. The van der Waals surface area contributed by atoms with Gasteiger partial charge in [0.25, 0.3) is 0 Å². The lowest BCUT2D eigenvalue weighted by Gasteiger charge is -2.17. The molecular formula is C14H18N2O3. The summed E-state index contributed by atoms with van der Waals surface area (Å²) >= 11 is 0. The molecular weight excluding hydrogens is 244 g/mol. The van der Waals surface area contributed by atoms with Crippen molar-refractivity contribution in [3.8, 4) is 11.5 Å². The van der Waals surface area contributed by atoms with Gasteiger partial charge in [0, 0.05) is 25.9 Å². The lowest BCUT2D eigenvalue weighted by molar-refractivity contribution is 0.166. The molecule has 0 saturated heterocycles. The van der Waals surface area contributed by atoms with Crippen LogP contribution < -0.4 is 9.47 Å². The average Bonchev–Trinajstić information content (AvgIpc) is 2.83. The zero-order valence-corrected chi connectivity index (χ0v) is 11.3. The molecule has 0 aliphatic carbocycles. The second-order valence-electron chi connectivity index (χ2n) is 4.25. The van der Waals surface area contributed by atoms with Gasteiger partial charge >= 0.3 is 0 Å². The molecule has 1 heterocycles. The van der Waals surface area contributed by atoms with Crippen LogP contribution in [0.2, 0.25) is 0 Å². The second-order valence-corrected chi connectivity index (χ2v) is 4.25. The second kappa shape index (κ2) is 5.75. The number of imidazole rings is 1. The largest absolute Gasteiger partial charge is 0.496 e. The fourth-order valence-electron chi connectivity index (χ4n) is 2.08. The summed E-state index contributed by atoms with van der Waals surface area (Å²) < 4.78 is 12.5. The van der Waals surface area contributed by atoms with Crippen LogP contribution in [0.15, 0.2) is 30.6 Å². The van der Waals surface area contributed by atoms with E-state index in [1.165, 1.54) is 0 Å². The smallest absolute Gasteiger partial charge is 0.128 e. The third kappa shape index (κ3) is 2.71. The number of methoxy groups -OCH3 is 2. The normalized spacial score (nSPS) is 12.2. The summed E-state index contributed by atoms with van der Waals surface area (Å²) in [5, 5.41) is 10.4. The van der Waals surface area contributed by atoms with Gasteiger partial charge in [0.05, 0.1) is 25.9 Å². The number of aryl methyl sites for hydroxylation is 1. The van der Waals surface area contributed by atoms with Crippen LogP contribution in [0.4, 0.5) is 0 Å². The maximum Gasteiger partial charge on any atom is 0.128 e. The Kier molecular flexibility index (Phi) is 4.06. The van der Waals surface area contributed by atoms with Gasteiger partial charge in [0.15, 0.2) is 0 Å². The maximum absolute atomic E-state index is 10.4. The first-order chi connectivity index (χ1) is 9.17. The number of aliphatic hydroxyl groups is 1. The molecule has 0 fully saturated rings. The Morgan fingerprint density at radius 1 is 1.26 bits per heavy atom. The van der Waals surface area contributed by atoms with Crippen molar-refractivity contribution < 1.29 is 14.6 Å². The highest BCUT2D eigenvalue weighted by Crippen LogP contribution is 2.35. The fraction of sp³-hybridized carbons (Fsp3) is 0.357. The van der Waals surface area contributed by atoms with Gasteiger partial charge in [-0.25, -0.2) is 4.98 Å². The van der Waals surface area contributed by atoms with E-state index >= 15 is 0 Å². The van der Waals surface area contributed by atoms with E-state index in [0.717, 1.165) is 5.82 Å². The number of hydrogen-bond donors (Lipinski definition) is 1. The van der Waals surface area contributed by atoms with Crippen molar-refractivity contribution >= 4 is 0 Å². The summed E-state index contributed by atoms with van der Waals surface area (Å²) in [6.07, 6.45) is 3.23. The standard InChI is InChI=1S/C14H18N2O3/c1-16-8-7-15-13(16)9-10(17)14-11(18-2)5-4-6-12(14)19-3/h4-8,10,17H,9H2,1-3H3. The molecule has 0 amide bonds. The molecule has 5 heteroatoms. The summed E-state index contributed by atoms with van der Waals surface area (Å²) in [5.74, 6) is 2.03. The Hall–Kier alpha value is -2.01. The molecule has 2 rings (SSSR count). The van der Waals surface area contributed by atoms with Crippen molar-refractivity contribution in [2.24, 2.45) is 7.05 Å². The van der Waals surface area contributed by atoms with E-state index in [1.807, 2.05) is 23.9 Å². The molecule has 2 aromatic rings. The third-order valence-corrected chi connectivity index (χ3v) is 3.10. The highest BCUT2D eigenvalue weighted by Gasteiger charge is 2.20. The van der Waals surface area contributed by atoms with E-state index in [2.05, 4.69) is 4.98 Å². The van der Waals surface area contributed by atoms with Crippen LogP contribution in [0, 0.1) is 0 Å². The van der Waals surface area contributed by atoms with Crippen molar-refractivity contribution in [3.63, 3.8) is 0 Å². The predicted octanol–water partition coefficient (Wildman–Crippen LogP) is 1.71. The molecule has 5 nitrogen and oxygen atoms in total. The van der Waals surface area contributed by atoms with Crippen molar-refractivity contribution in [1.29, 1.82) is 0 Å². The van der Waals surface area contributed by atoms with E-state index in [1.54, 1.807) is 32.5 Å². The van der Waals surface area contributed by atoms with Crippen LogP contribution in [0.1, 0.15) is 17.5 Å². The van der Waals surface area contributed by atoms with Crippen LogP contribution in [0.3, 0.4) is 0 Å². The number of rotatable bonds is 5. The zero-order valence-electron chi connectivity index (χ0n) is 11.3. The van der Waals surface area contributed by atoms with Gasteiger partial charge < -0.3 is 19.1 Å². The molecule has 0 aliphatic rings. The lowest BCUT2D eigenvalue weighted by Crippen LogP contribution is -2.09. The monoisotopic (exact) mass is 262 g/mol. The fourth-order valence-corrected chi connectivity index (χ4v) is 2.08. The number of nitrogens with zero attached hydrogens (tertiary/aromatic N) is 2. The minimum atomic E-state index is -0.729. The first-order valence-electron chi connectivity index (χ1n) is 6.02. The van der Waals surface area contributed by atoms with Gasteiger partial charge in [0.2, 0.25) is 0 Å². The zero-order chi connectivity index (χ0) is 13.8.